The number of ether oxygens (including phenoxy) is 1. The largest absolute Gasteiger partial charge is 1.00 e. The van der Waals surface area contributed by atoms with Gasteiger partial charge in [-0.25, -0.2) is 0 Å². The Labute approximate surface area is 88.3 Å². The minimum Gasteiger partial charge on any atom is -0.427 e. The number of nitro groups is 1. The second-order valence-corrected chi connectivity index (χ2v) is 2.98. The van der Waals surface area contributed by atoms with Gasteiger partial charge < -0.3 is 4.74 Å². The van der Waals surface area contributed by atoms with Gasteiger partial charge in [-0.15, -0.1) is 0 Å². The van der Waals surface area contributed by atoms with Gasteiger partial charge in [0.25, 0.3) is 5.69 Å². The van der Waals surface area contributed by atoms with E-state index in [-0.39, 0.29) is 13.1 Å². The lowest BCUT2D eigenvalue weighted by molar-refractivity contribution is -0.384. The number of benzene rings is 1. The Kier molecular flexibility index (Phi) is 3.79. The SMILES string of the molecule is CCCC(=O)Oc1ccc([N+](=O)[O-])cc1.[H+]. The van der Waals surface area contributed by atoms with E-state index in [4.69, 9.17) is 4.74 Å². The Morgan fingerprint density at radius 3 is 2.53 bits per heavy atom. The number of nitro benzene ring substituents is 1. The van der Waals surface area contributed by atoms with Crippen LogP contribution in [-0.2, 0) is 4.79 Å². The fourth-order valence-corrected chi connectivity index (χ4v) is 1.02. The first-order chi connectivity index (χ1) is 7.13. The van der Waals surface area contributed by atoms with Crippen LogP contribution >= 0.6 is 0 Å². The maximum Gasteiger partial charge on any atom is 1.00 e. The molecule has 80 valence electrons. The molecule has 0 bridgehead atoms. The second kappa shape index (κ2) is 5.09. The van der Waals surface area contributed by atoms with E-state index in [9.17, 15) is 14.9 Å². The monoisotopic (exact) mass is 210 g/mol. The fraction of sp³-hybridized carbons (Fsp3) is 0.300. The second-order valence-electron chi connectivity index (χ2n) is 2.98. The summed E-state index contributed by atoms with van der Waals surface area (Å²) >= 11 is 0. The Bertz CT molecular complexity index is 364. The smallest absolute Gasteiger partial charge is 0.427 e. The molecule has 0 aromatic heterocycles. The quantitative estimate of drug-likeness (QED) is 0.331. The zero-order chi connectivity index (χ0) is 11.3. The molecule has 0 fully saturated rings. The predicted molar refractivity (Wildman–Crippen MR) is 54.8 cm³/mol. The molecule has 0 atom stereocenters. The fourth-order valence-electron chi connectivity index (χ4n) is 1.02. The molecule has 1 rings (SSSR count). The number of carbonyl (C=O) groups excluding carboxylic acids is 1. The van der Waals surface area contributed by atoms with E-state index < -0.39 is 4.92 Å². The summed E-state index contributed by atoms with van der Waals surface area (Å²) in [7, 11) is 0. The van der Waals surface area contributed by atoms with Crippen molar-refractivity contribution in [1.82, 2.24) is 0 Å². The molecule has 0 unspecified atom stereocenters. The van der Waals surface area contributed by atoms with Crippen LogP contribution in [0.15, 0.2) is 24.3 Å². The number of esters is 1. The van der Waals surface area contributed by atoms with Gasteiger partial charge in [0, 0.05) is 18.6 Å². The summed E-state index contributed by atoms with van der Waals surface area (Å²) in [6.07, 6.45) is 1.06. The zero-order valence-electron chi connectivity index (χ0n) is 9.30. The molecule has 0 spiro atoms. The van der Waals surface area contributed by atoms with Crippen molar-refractivity contribution in [2.75, 3.05) is 0 Å². The summed E-state index contributed by atoms with van der Waals surface area (Å²) in [5.41, 5.74) is -0.0229. The Morgan fingerprint density at radius 1 is 1.47 bits per heavy atom. The van der Waals surface area contributed by atoms with Gasteiger partial charge in [0.05, 0.1) is 4.92 Å². The minimum absolute atomic E-state index is 0. The summed E-state index contributed by atoms with van der Waals surface area (Å²) < 4.78 is 4.93. The van der Waals surface area contributed by atoms with Crippen molar-refractivity contribution < 1.29 is 15.9 Å². The van der Waals surface area contributed by atoms with Crippen LogP contribution in [0.4, 0.5) is 5.69 Å². The molecule has 0 saturated carbocycles. The number of rotatable bonds is 4. The van der Waals surface area contributed by atoms with Crippen LogP contribution in [0.1, 0.15) is 21.2 Å². The lowest BCUT2D eigenvalue weighted by Gasteiger charge is -2.02. The van der Waals surface area contributed by atoms with Crippen LogP contribution in [0.3, 0.4) is 0 Å². The standard InChI is InChI=1S/C10H11NO4/c1-2-3-10(12)15-9-6-4-8(5-7-9)11(13)14/h4-7H,2-3H2,1H3/p+1. The van der Waals surface area contributed by atoms with Crippen molar-refractivity contribution in [3.63, 3.8) is 0 Å². The van der Waals surface area contributed by atoms with Crippen LogP contribution in [0.5, 0.6) is 5.75 Å². The van der Waals surface area contributed by atoms with E-state index in [1.165, 1.54) is 24.3 Å². The van der Waals surface area contributed by atoms with Crippen molar-refractivity contribution in [2.45, 2.75) is 19.8 Å². The third kappa shape index (κ3) is 3.38. The average molecular weight is 210 g/mol. The van der Waals surface area contributed by atoms with Gasteiger partial charge in [-0.05, 0) is 18.6 Å². The van der Waals surface area contributed by atoms with Crippen LogP contribution in [0.2, 0.25) is 0 Å². The highest BCUT2D eigenvalue weighted by Gasteiger charge is 2.06. The molecule has 0 aliphatic carbocycles. The third-order valence-electron chi connectivity index (χ3n) is 1.73. The molecular weight excluding hydrogens is 198 g/mol. The van der Waals surface area contributed by atoms with Crippen LogP contribution in [0, 0.1) is 10.1 Å². The highest BCUT2D eigenvalue weighted by atomic mass is 16.6. The lowest BCUT2D eigenvalue weighted by Crippen LogP contribution is -2.06. The molecule has 0 aliphatic heterocycles. The number of hydrogen-bond donors (Lipinski definition) is 0. The van der Waals surface area contributed by atoms with Crippen molar-refractivity contribution in [2.24, 2.45) is 0 Å². The topological polar surface area (TPSA) is 69.4 Å². The Hall–Kier alpha value is -1.91. The van der Waals surface area contributed by atoms with Gasteiger partial charge >= 0.3 is 7.40 Å². The van der Waals surface area contributed by atoms with Crippen molar-refractivity contribution >= 4 is 11.7 Å². The molecule has 0 heterocycles. The molecule has 1 aromatic rings. The predicted octanol–water partition coefficient (Wildman–Crippen LogP) is 2.41. The van der Waals surface area contributed by atoms with E-state index in [0.29, 0.717) is 18.6 Å². The number of nitrogens with zero attached hydrogens (tertiary/aromatic N) is 1. The van der Waals surface area contributed by atoms with E-state index in [0.717, 1.165) is 0 Å². The first-order valence-corrected chi connectivity index (χ1v) is 4.58. The van der Waals surface area contributed by atoms with Crippen molar-refractivity contribution in [3.8, 4) is 5.75 Å². The van der Waals surface area contributed by atoms with Gasteiger partial charge in [-0.2, -0.15) is 0 Å². The van der Waals surface area contributed by atoms with Crippen molar-refractivity contribution in [1.29, 1.82) is 0 Å². The average Bonchev–Trinajstić information content (AvgIpc) is 2.18. The summed E-state index contributed by atoms with van der Waals surface area (Å²) in [5.74, 6) is 0.00500. The van der Waals surface area contributed by atoms with Gasteiger partial charge in [0.15, 0.2) is 0 Å². The summed E-state index contributed by atoms with van der Waals surface area (Å²) in [4.78, 5) is 20.9. The van der Waals surface area contributed by atoms with E-state index in [1.54, 1.807) is 0 Å². The molecule has 15 heavy (non-hydrogen) atoms. The molecule has 1 aromatic carbocycles. The number of non-ortho nitro benzene ring substituents is 1. The molecule has 0 N–H and O–H groups in total. The maximum atomic E-state index is 11.1. The number of hydrogen-bond acceptors (Lipinski definition) is 4. The number of carbonyl (C=O) groups is 1. The molecule has 0 amide bonds. The maximum absolute atomic E-state index is 11.1. The zero-order valence-corrected chi connectivity index (χ0v) is 8.30. The highest BCUT2D eigenvalue weighted by Crippen LogP contribution is 2.17. The van der Waals surface area contributed by atoms with Gasteiger partial charge in [-0.1, -0.05) is 6.92 Å². The molecule has 0 aliphatic rings. The van der Waals surface area contributed by atoms with E-state index in [2.05, 4.69) is 0 Å². The molecule has 5 nitrogen and oxygen atoms in total. The first-order valence-electron chi connectivity index (χ1n) is 4.58. The van der Waals surface area contributed by atoms with Gasteiger partial charge in [0.1, 0.15) is 5.75 Å². The van der Waals surface area contributed by atoms with Crippen LogP contribution < -0.4 is 4.74 Å². The normalized spacial score (nSPS) is 9.67. The van der Waals surface area contributed by atoms with Crippen molar-refractivity contribution in [3.05, 3.63) is 34.4 Å². The minimum atomic E-state index is -0.502. The molecule has 0 radical (unpaired) electrons. The van der Waals surface area contributed by atoms with E-state index in [1.807, 2.05) is 6.92 Å². The van der Waals surface area contributed by atoms with E-state index >= 15 is 0 Å². The third-order valence-corrected chi connectivity index (χ3v) is 1.73. The van der Waals surface area contributed by atoms with Crippen LogP contribution in [-0.4, -0.2) is 10.9 Å². The Balaban J connectivity index is 0.00000225. The lowest BCUT2D eigenvalue weighted by atomic mass is 10.3. The van der Waals surface area contributed by atoms with Crippen LogP contribution in [0.25, 0.3) is 0 Å². The summed E-state index contributed by atoms with van der Waals surface area (Å²) in [6.45, 7) is 1.87. The van der Waals surface area contributed by atoms with Gasteiger partial charge in [0.2, 0.25) is 0 Å². The van der Waals surface area contributed by atoms with Gasteiger partial charge in [-0.3, -0.25) is 14.9 Å². The highest BCUT2D eigenvalue weighted by molar-refractivity contribution is 5.72. The molecule has 5 heteroatoms. The molecule has 0 saturated heterocycles. The first kappa shape index (κ1) is 11.2. The Morgan fingerprint density at radius 2 is 2.07 bits per heavy atom. The summed E-state index contributed by atoms with van der Waals surface area (Å²) in [6, 6.07) is 5.42. The summed E-state index contributed by atoms with van der Waals surface area (Å²) in [5, 5.41) is 10.3. The molecular formula is C10H12NO4+.